The minimum Gasteiger partial charge on any atom is -0.465 e. The van der Waals surface area contributed by atoms with E-state index in [0.717, 1.165) is 12.0 Å². The minimum atomic E-state index is -0.576. The van der Waals surface area contributed by atoms with Crippen LogP contribution in [0.1, 0.15) is 31.8 Å². The molecule has 2 aromatic rings. The van der Waals surface area contributed by atoms with Crippen LogP contribution < -0.4 is 5.32 Å². The van der Waals surface area contributed by atoms with Crippen LogP contribution in [0.5, 0.6) is 0 Å². The number of benzene rings is 2. The molecule has 2 aromatic carbocycles. The van der Waals surface area contributed by atoms with Crippen molar-refractivity contribution in [1.29, 1.82) is 0 Å². The van der Waals surface area contributed by atoms with Gasteiger partial charge in [-0.1, -0.05) is 24.3 Å². The quantitative estimate of drug-likeness (QED) is 0.799. The lowest BCUT2D eigenvalue weighted by Crippen LogP contribution is -2.39. The maximum absolute atomic E-state index is 12.6. The molecule has 0 radical (unpaired) electrons. The van der Waals surface area contributed by atoms with Gasteiger partial charge in [0, 0.05) is 18.8 Å². The van der Waals surface area contributed by atoms with Gasteiger partial charge in [-0.2, -0.15) is 0 Å². The zero-order valence-electron chi connectivity index (χ0n) is 15.9. The van der Waals surface area contributed by atoms with Crippen LogP contribution in [0.2, 0.25) is 0 Å². The van der Waals surface area contributed by atoms with Crippen molar-refractivity contribution in [3.05, 3.63) is 64.7 Å². The number of rotatable bonds is 5. The lowest BCUT2D eigenvalue weighted by atomic mass is 10.00. The van der Waals surface area contributed by atoms with Gasteiger partial charge in [0.05, 0.1) is 31.9 Å². The van der Waals surface area contributed by atoms with Crippen molar-refractivity contribution in [1.82, 2.24) is 4.90 Å². The van der Waals surface area contributed by atoms with E-state index >= 15 is 0 Å². The summed E-state index contributed by atoms with van der Waals surface area (Å²) in [5.41, 5.74) is 3.30. The lowest BCUT2D eigenvalue weighted by molar-refractivity contribution is -0.130. The Kier molecular flexibility index (Phi) is 5.93. The van der Waals surface area contributed by atoms with E-state index in [1.165, 1.54) is 38.0 Å². The van der Waals surface area contributed by atoms with Gasteiger partial charge in [-0.3, -0.25) is 4.79 Å². The molecule has 0 atom stereocenters. The Morgan fingerprint density at radius 1 is 0.964 bits per heavy atom. The first-order valence-electron chi connectivity index (χ1n) is 8.92. The molecule has 0 bridgehead atoms. The fraction of sp³-hybridized carbons (Fsp3) is 0.286. The fourth-order valence-corrected chi connectivity index (χ4v) is 3.20. The molecule has 1 heterocycles. The molecule has 1 amide bonds. The molecule has 0 aliphatic carbocycles. The number of fused-ring (bicyclic) bond motifs is 1. The molecule has 7 heteroatoms. The molecule has 1 aliphatic heterocycles. The fourth-order valence-electron chi connectivity index (χ4n) is 3.20. The molecule has 28 heavy (non-hydrogen) atoms. The summed E-state index contributed by atoms with van der Waals surface area (Å²) >= 11 is 0. The van der Waals surface area contributed by atoms with E-state index in [4.69, 9.17) is 9.47 Å². The zero-order chi connectivity index (χ0) is 20.1. The Labute approximate surface area is 163 Å². The second-order valence-electron chi connectivity index (χ2n) is 6.47. The number of ether oxygens (including phenoxy) is 2. The zero-order valence-corrected chi connectivity index (χ0v) is 15.9. The van der Waals surface area contributed by atoms with E-state index in [1.807, 2.05) is 18.2 Å². The molecular formula is C21H22N2O5. The molecule has 1 N–H and O–H groups in total. The van der Waals surface area contributed by atoms with Crippen LogP contribution in [0.4, 0.5) is 5.69 Å². The van der Waals surface area contributed by atoms with Crippen molar-refractivity contribution in [2.75, 3.05) is 32.6 Å². The summed E-state index contributed by atoms with van der Waals surface area (Å²) in [5.74, 6) is -1.21. The topological polar surface area (TPSA) is 84.9 Å². The van der Waals surface area contributed by atoms with Crippen LogP contribution in [0, 0.1) is 0 Å². The second-order valence-corrected chi connectivity index (χ2v) is 6.47. The molecule has 0 unspecified atom stereocenters. The maximum atomic E-state index is 12.6. The predicted molar refractivity (Wildman–Crippen MR) is 103 cm³/mol. The number of anilines is 1. The first-order chi connectivity index (χ1) is 13.5. The van der Waals surface area contributed by atoms with Gasteiger partial charge in [-0.15, -0.1) is 0 Å². The highest BCUT2D eigenvalue weighted by atomic mass is 16.5. The first-order valence-corrected chi connectivity index (χ1v) is 8.92. The summed E-state index contributed by atoms with van der Waals surface area (Å²) < 4.78 is 9.44. The first kappa shape index (κ1) is 19.4. The Bertz CT molecular complexity index is 875. The SMILES string of the molecule is COC(=O)c1cc(NCC(=O)N2CCc3ccccc3C2)cc(C(=O)OC)c1. The van der Waals surface area contributed by atoms with Crippen molar-refractivity contribution in [2.45, 2.75) is 13.0 Å². The number of methoxy groups -OCH3 is 2. The van der Waals surface area contributed by atoms with E-state index in [9.17, 15) is 14.4 Å². The molecule has 0 saturated carbocycles. The number of hydrogen-bond donors (Lipinski definition) is 1. The number of hydrogen-bond acceptors (Lipinski definition) is 6. The molecule has 0 spiro atoms. The maximum Gasteiger partial charge on any atom is 0.337 e. The van der Waals surface area contributed by atoms with E-state index in [-0.39, 0.29) is 23.6 Å². The van der Waals surface area contributed by atoms with Gasteiger partial charge in [0.1, 0.15) is 0 Å². The van der Waals surface area contributed by atoms with E-state index < -0.39 is 11.9 Å². The average Bonchev–Trinajstić information content (AvgIpc) is 2.75. The number of esters is 2. The van der Waals surface area contributed by atoms with Crippen molar-refractivity contribution >= 4 is 23.5 Å². The summed E-state index contributed by atoms with van der Waals surface area (Å²) in [7, 11) is 2.52. The normalized spacial score (nSPS) is 12.7. The smallest absolute Gasteiger partial charge is 0.337 e. The summed E-state index contributed by atoms with van der Waals surface area (Å²) in [6, 6.07) is 12.6. The highest BCUT2D eigenvalue weighted by Crippen LogP contribution is 2.20. The highest BCUT2D eigenvalue weighted by Gasteiger charge is 2.20. The Hall–Kier alpha value is -3.35. The standard InChI is InChI=1S/C21H22N2O5/c1-27-20(25)16-9-17(21(26)28-2)11-18(10-16)22-12-19(24)23-8-7-14-5-3-4-6-15(14)13-23/h3-6,9-11,22H,7-8,12-13H2,1-2H3. The van der Waals surface area contributed by atoms with E-state index in [2.05, 4.69) is 11.4 Å². The van der Waals surface area contributed by atoms with E-state index in [0.29, 0.717) is 18.8 Å². The number of nitrogens with one attached hydrogen (secondary N) is 1. The second kappa shape index (κ2) is 8.56. The summed E-state index contributed by atoms with van der Waals surface area (Å²) in [6.45, 7) is 1.28. The van der Waals surface area contributed by atoms with Gasteiger partial charge in [0.25, 0.3) is 0 Å². The van der Waals surface area contributed by atoms with Gasteiger partial charge in [0.15, 0.2) is 0 Å². The number of amides is 1. The summed E-state index contributed by atoms with van der Waals surface area (Å²) in [6.07, 6.45) is 0.826. The molecule has 3 rings (SSSR count). The Morgan fingerprint density at radius 3 is 2.18 bits per heavy atom. The molecule has 1 aliphatic rings. The number of nitrogens with zero attached hydrogens (tertiary/aromatic N) is 1. The molecule has 0 saturated heterocycles. The van der Waals surface area contributed by atoms with Crippen molar-refractivity contribution < 1.29 is 23.9 Å². The van der Waals surface area contributed by atoms with Crippen LogP contribution in [0.15, 0.2) is 42.5 Å². The van der Waals surface area contributed by atoms with Crippen molar-refractivity contribution in [3.63, 3.8) is 0 Å². The molecule has 7 nitrogen and oxygen atoms in total. The summed E-state index contributed by atoms with van der Waals surface area (Å²) in [4.78, 5) is 38.1. The van der Waals surface area contributed by atoms with Crippen LogP contribution in [0.25, 0.3) is 0 Å². The van der Waals surface area contributed by atoms with Crippen LogP contribution in [-0.4, -0.2) is 50.1 Å². The van der Waals surface area contributed by atoms with Gasteiger partial charge >= 0.3 is 11.9 Å². The number of carbonyl (C=O) groups is 3. The third kappa shape index (κ3) is 4.31. The van der Waals surface area contributed by atoms with E-state index in [1.54, 1.807) is 4.90 Å². The predicted octanol–water partition coefficient (Wildman–Crippen LogP) is 2.26. The third-order valence-corrected chi connectivity index (χ3v) is 4.70. The average molecular weight is 382 g/mol. The minimum absolute atomic E-state index is 0.0490. The Balaban J connectivity index is 1.70. The molecule has 146 valence electrons. The van der Waals surface area contributed by atoms with Crippen molar-refractivity contribution in [3.8, 4) is 0 Å². The van der Waals surface area contributed by atoms with Crippen LogP contribution in [0.3, 0.4) is 0 Å². The molecule has 0 aromatic heterocycles. The highest BCUT2D eigenvalue weighted by molar-refractivity contribution is 5.97. The van der Waals surface area contributed by atoms with Gasteiger partial charge in [-0.25, -0.2) is 9.59 Å². The van der Waals surface area contributed by atoms with Crippen LogP contribution in [-0.2, 0) is 27.2 Å². The van der Waals surface area contributed by atoms with Crippen molar-refractivity contribution in [2.24, 2.45) is 0 Å². The largest absolute Gasteiger partial charge is 0.465 e. The summed E-state index contributed by atoms with van der Waals surface area (Å²) in [5, 5.41) is 3.00. The van der Waals surface area contributed by atoms with Crippen LogP contribution >= 0.6 is 0 Å². The third-order valence-electron chi connectivity index (χ3n) is 4.70. The van der Waals surface area contributed by atoms with Gasteiger partial charge < -0.3 is 19.7 Å². The molecular weight excluding hydrogens is 360 g/mol. The lowest BCUT2D eigenvalue weighted by Gasteiger charge is -2.29. The van der Waals surface area contributed by atoms with Gasteiger partial charge in [0.2, 0.25) is 5.91 Å². The number of carbonyl (C=O) groups excluding carboxylic acids is 3. The monoisotopic (exact) mass is 382 g/mol. The van der Waals surface area contributed by atoms with Gasteiger partial charge in [-0.05, 0) is 35.7 Å². The molecule has 0 fully saturated rings. The Morgan fingerprint density at radius 2 is 1.57 bits per heavy atom.